The average molecular weight is 366 g/mol. The lowest BCUT2D eigenvalue weighted by atomic mass is 9.82. The summed E-state index contributed by atoms with van der Waals surface area (Å²) in [6.45, 7) is 2.47. The van der Waals surface area contributed by atoms with Crippen molar-refractivity contribution in [3.05, 3.63) is 59.7 Å². The number of carbonyl (C=O) groups is 2. The highest BCUT2D eigenvalue weighted by Gasteiger charge is 2.30. The molecule has 27 heavy (non-hydrogen) atoms. The van der Waals surface area contributed by atoms with E-state index in [1.54, 1.807) is 36.3 Å². The Morgan fingerprint density at radius 2 is 1.89 bits per heavy atom. The molecule has 0 heterocycles. The molecule has 0 aromatic heterocycles. The van der Waals surface area contributed by atoms with Crippen LogP contribution in [0, 0.1) is 0 Å². The van der Waals surface area contributed by atoms with E-state index in [0.717, 1.165) is 30.6 Å². The highest BCUT2D eigenvalue weighted by atomic mass is 16.5. The molecule has 2 aromatic carbocycles. The molecule has 0 radical (unpaired) electrons. The molecular weight excluding hydrogens is 340 g/mol. The van der Waals surface area contributed by atoms with Crippen molar-refractivity contribution in [2.75, 3.05) is 25.5 Å². The number of anilines is 1. The number of rotatable bonds is 6. The summed E-state index contributed by atoms with van der Waals surface area (Å²) in [6.07, 6.45) is 2.86. The number of methoxy groups -OCH3 is 1. The van der Waals surface area contributed by atoms with E-state index in [1.165, 1.54) is 5.56 Å². The predicted octanol–water partition coefficient (Wildman–Crippen LogP) is 3.60. The lowest BCUT2D eigenvalue weighted by molar-refractivity contribution is -0.136. The van der Waals surface area contributed by atoms with Gasteiger partial charge >= 0.3 is 0 Å². The molecule has 5 nitrogen and oxygen atoms in total. The minimum absolute atomic E-state index is 0.0366. The summed E-state index contributed by atoms with van der Waals surface area (Å²) in [5.41, 5.74) is 3.05. The van der Waals surface area contributed by atoms with Gasteiger partial charge in [0.1, 0.15) is 5.75 Å². The normalized spacial score (nSPS) is 15.6. The molecule has 1 atom stereocenters. The highest BCUT2D eigenvalue weighted by molar-refractivity contribution is 5.95. The number of benzene rings is 2. The Bertz CT molecular complexity index is 801. The third-order valence-corrected chi connectivity index (χ3v) is 5.07. The van der Waals surface area contributed by atoms with Crippen LogP contribution in [0.4, 0.5) is 5.69 Å². The molecule has 0 bridgehead atoms. The van der Waals surface area contributed by atoms with Gasteiger partial charge in [0.15, 0.2) is 0 Å². The first kappa shape index (κ1) is 19.0. The van der Waals surface area contributed by atoms with Gasteiger partial charge in [0, 0.05) is 12.2 Å². The topological polar surface area (TPSA) is 58.6 Å². The molecule has 142 valence electrons. The lowest BCUT2D eigenvalue weighted by Gasteiger charge is -2.30. The fraction of sp³-hybridized carbons (Fsp3) is 0.364. The zero-order valence-electron chi connectivity index (χ0n) is 15.9. The Kier molecular flexibility index (Phi) is 6.12. The fourth-order valence-electron chi connectivity index (χ4n) is 3.62. The maximum Gasteiger partial charge on any atom is 0.243 e. The van der Waals surface area contributed by atoms with Crippen molar-refractivity contribution in [2.45, 2.75) is 32.1 Å². The molecule has 0 aliphatic heterocycles. The van der Waals surface area contributed by atoms with Crippen molar-refractivity contribution in [1.29, 1.82) is 0 Å². The van der Waals surface area contributed by atoms with Crippen LogP contribution < -0.4 is 10.1 Å². The van der Waals surface area contributed by atoms with Gasteiger partial charge < -0.3 is 15.0 Å². The van der Waals surface area contributed by atoms with Crippen LogP contribution in [0.3, 0.4) is 0 Å². The van der Waals surface area contributed by atoms with Crippen LogP contribution in [0.5, 0.6) is 5.75 Å². The first-order valence-electron chi connectivity index (χ1n) is 9.43. The van der Waals surface area contributed by atoms with Crippen molar-refractivity contribution in [2.24, 2.45) is 0 Å². The zero-order valence-corrected chi connectivity index (χ0v) is 15.9. The number of nitrogens with zero attached hydrogens (tertiary/aromatic N) is 1. The number of hydrogen-bond donors (Lipinski definition) is 1. The molecular formula is C22H26N2O3. The van der Waals surface area contributed by atoms with Crippen LogP contribution in [-0.4, -0.2) is 36.9 Å². The van der Waals surface area contributed by atoms with Gasteiger partial charge in [-0.15, -0.1) is 0 Å². The summed E-state index contributed by atoms with van der Waals surface area (Å²) in [4.78, 5) is 27.2. The Balaban J connectivity index is 1.66. The highest BCUT2D eigenvalue weighted by Crippen LogP contribution is 2.32. The molecule has 5 heteroatoms. The molecule has 1 aliphatic rings. The quantitative estimate of drug-likeness (QED) is 0.850. The molecule has 3 rings (SSSR count). The van der Waals surface area contributed by atoms with Gasteiger partial charge in [-0.2, -0.15) is 0 Å². The lowest BCUT2D eigenvalue weighted by Crippen LogP contribution is -2.41. The SMILES string of the molecule is CCN(CC(=O)Nc1ccc(OC)cc1)C(=O)C1CCCc2ccccc21. The summed E-state index contributed by atoms with van der Waals surface area (Å²) in [5.74, 6) is 0.423. The monoisotopic (exact) mass is 366 g/mol. The second-order valence-electron chi connectivity index (χ2n) is 6.77. The molecule has 1 N–H and O–H groups in total. The number of amides is 2. The summed E-state index contributed by atoms with van der Waals surface area (Å²) in [5, 5.41) is 2.85. The second-order valence-corrected chi connectivity index (χ2v) is 6.77. The van der Waals surface area contributed by atoms with Crippen LogP contribution in [0.25, 0.3) is 0 Å². The van der Waals surface area contributed by atoms with Crippen molar-refractivity contribution >= 4 is 17.5 Å². The summed E-state index contributed by atoms with van der Waals surface area (Å²) < 4.78 is 5.12. The van der Waals surface area contributed by atoms with E-state index in [9.17, 15) is 9.59 Å². The molecule has 0 saturated heterocycles. The van der Waals surface area contributed by atoms with Gasteiger partial charge in [0.25, 0.3) is 0 Å². The average Bonchev–Trinajstić information content (AvgIpc) is 2.71. The number of ether oxygens (including phenoxy) is 1. The molecule has 0 spiro atoms. The molecule has 1 unspecified atom stereocenters. The summed E-state index contributed by atoms with van der Waals surface area (Å²) >= 11 is 0. The molecule has 0 saturated carbocycles. The third-order valence-electron chi connectivity index (χ3n) is 5.07. The number of fused-ring (bicyclic) bond motifs is 1. The van der Waals surface area contributed by atoms with E-state index in [1.807, 2.05) is 25.1 Å². The van der Waals surface area contributed by atoms with E-state index in [-0.39, 0.29) is 24.3 Å². The van der Waals surface area contributed by atoms with Crippen LogP contribution in [0.15, 0.2) is 48.5 Å². The summed E-state index contributed by atoms with van der Waals surface area (Å²) in [7, 11) is 1.60. The number of nitrogens with one attached hydrogen (secondary N) is 1. The third kappa shape index (κ3) is 4.48. The van der Waals surface area contributed by atoms with Crippen LogP contribution in [0.1, 0.15) is 36.8 Å². The van der Waals surface area contributed by atoms with Crippen molar-refractivity contribution in [1.82, 2.24) is 4.90 Å². The molecule has 2 aromatic rings. The number of likely N-dealkylation sites (N-methyl/N-ethyl adjacent to an activating group) is 1. The fourth-order valence-corrected chi connectivity index (χ4v) is 3.62. The van der Waals surface area contributed by atoms with Crippen molar-refractivity contribution < 1.29 is 14.3 Å². The van der Waals surface area contributed by atoms with Crippen LogP contribution in [-0.2, 0) is 16.0 Å². The minimum atomic E-state index is -0.195. The molecule has 2 amide bonds. The van der Waals surface area contributed by atoms with E-state index in [4.69, 9.17) is 4.74 Å². The van der Waals surface area contributed by atoms with Gasteiger partial charge in [-0.1, -0.05) is 24.3 Å². The van der Waals surface area contributed by atoms with E-state index in [0.29, 0.717) is 12.2 Å². The first-order valence-corrected chi connectivity index (χ1v) is 9.43. The standard InChI is InChI=1S/C22H26N2O3/c1-3-24(15-21(25)23-17-11-13-18(27-2)14-12-17)22(26)20-10-6-8-16-7-4-5-9-19(16)20/h4-5,7,9,11-14,20H,3,6,8,10,15H2,1-2H3,(H,23,25). The number of carbonyl (C=O) groups excluding carboxylic acids is 2. The van der Waals surface area contributed by atoms with Crippen LogP contribution >= 0.6 is 0 Å². The van der Waals surface area contributed by atoms with E-state index in [2.05, 4.69) is 11.4 Å². The molecule has 1 aliphatic carbocycles. The van der Waals surface area contributed by atoms with Gasteiger partial charge in [-0.25, -0.2) is 0 Å². The largest absolute Gasteiger partial charge is 0.497 e. The zero-order chi connectivity index (χ0) is 19.2. The van der Waals surface area contributed by atoms with Crippen molar-refractivity contribution in [3.63, 3.8) is 0 Å². The van der Waals surface area contributed by atoms with E-state index < -0.39 is 0 Å². The number of hydrogen-bond acceptors (Lipinski definition) is 3. The van der Waals surface area contributed by atoms with Crippen molar-refractivity contribution in [3.8, 4) is 5.75 Å². The van der Waals surface area contributed by atoms with Crippen LogP contribution in [0.2, 0.25) is 0 Å². The van der Waals surface area contributed by atoms with Gasteiger partial charge in [-0.05, 0) is 61.6 Å². The maximum absolute atomic E-state index is 13.1. The molecule has 0 fully saturated rings. The summed E-state index contributed by atoms with van der Waals surface area (Å²) in [6, 6.07) is 15.3. The number of aryl methyl sites for hydroxylation is 1. The Labute approximate surface area is 160 Å². The maximum atomic E-state index is 13.1. The Hall–Kier alpha value is -2.82. The first-order chi connectivity index (χ1) is 13.1. The Morgan fingerprint density at radius 3 is 2.59 bits per heavy atom. The van der Waals surface area contributed by atoms with Gasteiger partial charge in [0.05, 0.1) is 19.6 Å². The minimum Gasteiger partial charge on any atom is -0.497 e. The van der Waals surface area contributed by atoms with Gasteiger partial charge in [0.2, 0.25) is 11.8 Å². The predicted molar refractivity (Wildman–Crippen MR) is 106 cm³/mol. The second kappa shape index (κ2) is 8.71. The van der Waals surface area contributed by atoms with E-state index >= 15 is 0 Å². The van der Waals surface area contributed by atoms with Gasteiger partial charge in [-0.3, -0.25) is 9.59 Å². The smallest absolute Gasteiger partial charge is 0.243 e. The Morgan fingerprint density at radius 1 is 1.15 bits per heavy atom.